The highest BCUT2D eigenvalue weighted by Crippen LogP contribution is 2.35. The lowest BCUT2D eigenvalue weighted by molar-refractivity contribution is -0.153. The normalized spacial score (nSPS) is 11.6. The first kappa shape index (κ1) is 22.4. The maximum absolute atomic E-state index is 13.3. The number of fused-ring (bicyclic) bond motifs is 1. The van der Waals surface area contributed by atoms with E-state index in [-0.39, 0.29) is 18.3 Å². The number of rotatable bonds is 4. The van der Waals surface area contributed by atoms with E-state index in [1.54, 1.807) is 28.8 Å². The van der Waals surface area contributed by atoms with Gasteiger partial charge >= 0.3 is 5.97 Å². The second-order valence-electron chi connectivity index (χ2n) is 7.98. The number of benzene rings is 2. The molecule has 0 N–H and O–H groups in total. The maximum atomic E-state index is 13.3. The lowest BCUT2D eigenvalue weighted by Crippen LogP contribution is -2.25. The Hall–Kier alpha value is -2.31. The van der Waals surface area contributed by atoms with E-state index in [1.807, 2.05) is 39.8 Å². The van der Waals surface area contributed by atoms with Crippen LogP contribution in [0, 0.1) is 6.92 Å². The van der Waals surface area contributed by atoms with Crippen LogP contribution in [-0.4, -0.2) is 29.2 Å². The van der Waals surface area contributed by atoms with E-state index < -0.39 is 5.60 Å². The summed E-state index contributed by atoms with van der Waals surface area (Å²) in [7, 11) is 1.53. The van der Waals surface area contributed by atoms with Crippen molar-refractivity contribution in [3.8, 4) is 5.75 Å². The molecule has 3 aromatic rings. The first-order valence-corrected chi connectivity index (χ1v) is 10.6. The van der Waals surface area contributed by atoms with Gasteiger partial charge in [-0.15, -0.1) is 0 Å². The van der Waals surface area contributed by atoms with Crippen LogP contribution < -0.4 is 4.74 Å². The number of nitrogens with zero attached hydrogens (tertiary/aromatic N) is 1. The number of carbonyl (C=O) groups is 2. The predicted molar refractivity (Wildman–Crippen MR) is 122 cm³/mol. The van der Waals surface area contributed by atoms with E-state index >= 15 is 0 Å². The number of aromatic nitrogens is 1. The summed E-state index contributed by atoms with van der Waals surface area (Å²) in [6, 6.07) is 10.6. The van der Waals surface area contributed by atoms with Gasteiger partial charge in [-0.25, -0.2) is 0 Å². The fraction of sp³-hybridized carbons (Fsp3) is 0.304. The SMILES string of the molecule is COc1cc2c(CC(=O)OC(C)(C)C)c(C)n(C(=O)c3ccc(Br)cc3)c2cc1Cl. The van der Waals surface area contributed by atoms with E-state index in [0.29, 0.717) is 33.1 Å². The van der Waals surface area contributed by atoms with Crippen LogP contribution in [0.5, 0.6) is 5.75 Å². The Labute approximate surface area is 189 Å². The van der Waals surface area contributed by atoms with E-state index in [2.05, 4.69) is 15.9 Å². The number of esters is 1. The van der Waals surface area contributed by atoms with Crippen LogP contribution in [0.1, 0.15) is 42.4 Å². The molecule has 0 bridgehead atoms. The molecule has 0 radical (unpaired) electrons. The van der Waals surface area contributed by atoms with E-state index in [9.17, 15) is 9.59 Å². The van der Waals surface area contributed by atoms with Crippen LogP contribution in [0.25, 0.3) is 10.9 Å². The van der Waals surface area contributed by atoms with Crippen molar-refractivity contribution in [2.45, 2.75) is 39.7 Å². The molecule has 0 fully saturated rings. The van der Waals surface area contributed by atoms with Gasteiger partial charge in [0.1, 0.15) is 11.4 Å². The van der Waals surface area contributed by atoms with Gasteiger partial charge in [-0.2, -0.15) is 0 Å². The first-order chi connectivity index (χ1) is 14.0. The number of carbonyl (C=O) groups excluding carboxylic acids is 2. The molecule has 0 unspecified atom stereocenters. The van der Waals surface area contributed by atoms with Crippen molar-refractivity contribution >= 4 is 50.3 Å². The minimum atomic E-state index is -0.600. The molecule has 0 saturated carbocycles. The molecule has 1 heterocycles. The van der Waals surface area contributed by atoms with Gasteiger partial charge in [0, 0.05) is 21.1 Å². The van der Waals surface area contributed by atoms with Crippen LogP contribution >= 0.6 is 27.5 Å². The Morgan fingerprint density at radius 1 is 1.13 bits per heavy atom. The molecule has 0 saturated heterocycles. The quantitative estimate of drug-likeness (QED) is 0.423. The highest BCUT2D eigenvalue weighted by Gasteiger charge is 2.25. The van der Waals surface area contributed by atoms with Gasteiger partial charge < -0.3 is 9.47 Å². The summed E-state index contributed by atoms with van der Waals surface area (Å²) in [6.45, 7) is 7.28. The zero-order valence-corrected chi connectivity index (χ0v) is 19.8. The molecule has 158 valence electrons. The van der Waals surface area contributed by atoms with E-state index in [1.165, 1.54) is 7.11 Å². The minimum Gasteiger partial charge on any atom is -0.495 e. The number of halogens is 2. The Kier molecular flexibility index (Phi) is 6.29. The highest BCUT2D eigenvalue weighted by atomic mass is 79.9. The van der Waals surface area contributed by atoms with Gasteiger partial charge in [-0.1, -0.05) is 27.5 Å². The fourth-order valence-electron chi connectivity index (χ4n) is 3.36. The van der Waals surface area contributed by atoms with Gasteiger partial charge in [0.25, 0.3) is 5.91 Å². The van der Waals surface area contributed by atoms with Crippen molar-refractivity contribution < 1.29 is 19.1 Å². The summed E-state index contributed by atoms with van der Waals surface area (Å²) in [5.41, 5.74) is 1.91. The monoisotopic (exact) mass is 491 g/mol. The Morgan fingerprint density at radius 3 is 2.33 bits per heavy atom. The number of methoxy groups -OCH3 is 1. The van der Waals surface area contributed by atoms with Gasteiger partial charge in [0.15, 0.2) is 0 Å². The molecule has 7 heteroatoms. The second kappa shape index (κ2) is 8.44. The lowest BCUT2D eigenvalue weighted by Gasteiger charge is -2.19. The fourth-order valence-corrected chi connectivity index (χ4v) is 3.86. The van der Waals surface area contributed by atoms with E-state index in [4.69, 9.17) is 21.1 Å². The zero-order chi connectivity index (χ0) is 22.2. The summed E-state index contributed by atoms with van der Waals surface area (Å²) in [5, 5.41) is 1.11. The topological polar surface area (TPSA) is 57.5 Å². The summed E-state index contributed by atoms with van der Waals surface area (Å²) >= 11 is 9.74. The largest absolute Gasteiger partial charge is 0.495 e. The molecule has 0 amide bonds. The smallest absolute Gasteiger partial charge is 0.310 e. The average Bonchev–Trinajstić information content (AvgIpc) is 2.90. The molecular formula is C23H23BrClNO4. The van der Waals surface area contributed by atoms with Gasteiger partial charge in [-0.05, 0) is 69.7 Å². The van der Waals surface area contributed by atoms with Gasteiger partial charge in [0.2, 0.25) is 0 Å². The van der Waals surface area contributed by atoms with Crippen molar-refractivity contribution in [1.82, 2.24) is 4.57 Å². The Bertz CT molecular complexity index is 1130. The van der Waals surface area contributed by atoms with Crippen molar-refractivity contribution in [3.63, 3.8) is 0 Å². The number of ether oxygens (including phenoxy) is 2. The average molecular weight is 493 g/mol. The standard InChI is InChI=1S/C23H23BrClNO4/c1-13-16(11-21(27)30-23(2,3)4)17-10-20(29-5)18(25)12-19(17)26(13)22(28)14-6-8-15(24)9-7-14/h6-10,12H,11H2,1-5H3. The third-order valence-electron chi connectivity index (χ3n) is 4.64. The molecular weight excluding hydrogens is 470 g/mol. The third kappa shape index (κ3) is 4.55. The number of hydrogen-bond acceptors (Lipinski definition) is 4. The summed E-state index contributed by atoms with van der Waals surface area (Å²) in [4.78, 5) is 25.9. The van der Waals surface area contributed by atoms with Gasteiger partial charge in [-0.3, -0.25) is 14.2 Å². The molecule has 0 aliphatic rings. The molecule has 1 aromatic heterocycles. The van der Waals surface area contributed by atoms with Crippen molar-refractivity contribution in [1.29, 1.82) is 0 Å². The molecule has 2 aromatic carbocycles. The molecule has 0 aliphatic carbocycles. The number of hydrogen-bond donors (Lipinski definition) is 0. The zero-order valence-electron chi connectivity index (χ0n) is 17.5. The van der Waals surface area contributed by atoms with Crippen molar-refractivity contribution in [2.75, 3.05) is 7.11 Å². The summed E-state index contributed by atoms with van der Waals surface area (Å²) in [5.74, 6) is -0.0980. The highest BCUT2D eigenvalue weighted by molar-refractivity contribution is 9.10. The molecule has 30 heavy (non-hydrogen) atoms. The molecule has 5 nitrogen and oxygen atoms in total. The first-order valence-electron chi connectivity index (χ1n) is 9.41. The second-order valence-corrected chi connectivity index (χ2v) is 9.30. The van der Waals surface area contributed by atoms with Crippen LogP contribution in [0.2, 0.25) is 5.02 Å². The van der Waals surface area contributed by atoms with Crippen LogP contribution in [-0.2, 0) is 16.0 Å². The van der Waals surface area contributed by atoms with Crippen LogP contribution in [0.4, 0.5) is 0 Å². The maximum Gasteiger partial charge on any atom is 0.310 e. The summed E-state index contributed by atoms with van der Waals surface area (Å²) in [6.07, 6.45) is 0.0327. The summed E-state index contributed by atoms with van der Waals surface area (Å²) < 4.78 is 13.3. The van der Waals surface area contributed by atoms with E-state index in [0.717, 1.165) is 9.86 Å². The van der Waals surface area contributed by atoms with Crippen molar-refractivity contribution in [3.05, 3.63) is 62.7 Å². The Balaban J connectivity index is 2.18. The van der Waals surface area contributed by atoms with Crippen LogP contribution in [0.3, 0.4) is 0 Å². The minimum absolute atomic E-state index is 0.0327. The van der Waals surface area contributed by atoms with Gasteiger partial charge in [0.05, 0.1) is 24.1 Å². The predicted octanol–water partition coefficient (Wildman–Crippen LogP) is 5.95. The molecule has 0 spiro atoms. The molecule has 0 aliphatic heterocycles. The van der Waals surface area contributed by atoms with Crippen molar-refractivity contribution in [2.24, 2.45) is 0 Å². The van der Waals surface area contributed by atoms with Crippen LogP contribution in [0.15, 0.2) is 40.9 Å². The Morgan fingerprint density at radius 2 is 1.77 bits per heavy atom. The molecule has 0 atom stereocenters. The lowest BCUT2D eigenvalue weighted by atomic mass is 10.1. The molecule has 3 rings (SSSR count). The third-order valence-corrected chi connectivity index (χ3v) is 5.47.